The van der Waals surface area contributed by atoms with Crippen LogP contribution < -0.4 is 0 Å². The fourth-order valence-electron chi connectivity index (χ4n) is 2.93. The van der Waals surface area contributed by atoms with E-state index < -0.39 is 0 Å². The molecule has 2 aromatic rings. The number of carbonyl (C=O) groups excluding carboxylic acids is 1. The lowest BCUT2D eigenvalue weighted by molar-refractivity contribution is 0.0673. The minimum absolute atomic E-state index is 0.0758. The SMILES string of the molecule is O=C(c1cccc(Cl)c1)N1CCC[C@H](Cc2ccn[nH]2)C1. The average Bonchev–Trinajstić information content (AvgIpc) is 3.00. The van der Waals surface area contributed by atoms with Crippen molar-refractivity contribution in [1.29, 1.82) is 0 Å². The molecule has 2 heterocycles. The van der Waals surface area contributed by atoms with Crippen LogP contribution in [0.4, 0.5) is 0 Å². The highest BCUT2D eigenvalue weighted by molar-refractivity contribution is 6.30. The first kappa shape index (κ1) is 14.1. The van der Waals surface area contributed by atoms with Crippen molar-refractivity contribution in [1.82, 2.24) is 15.1 Å². The number of amides is 1. The molecule has 1 aromatic carbocycles. The fourth-order valence-corrected chi connectivity index (χ4v) is 3.12. The van der Waals surface area contributed by atoms with Crippen molar-refractivity contribution in [3.05, 3.63) is 52.8 Å². The molecule has 0 aliphatic carbocycles. The number of benzene rings is 1. The van der Waals surface area contributed by atoms with Crippen LogP contribution in [0.5, 0.6) is 0 Å². The molecule has 1 saturated heterocycles. The van der Waals surface area contributed by atoms with E-state index in [1.165, 1.54) is 0 Å². The number of piperidine rings is 1. The van der Waals surface area contributed by atoms with E-state index >= 15 is 0 Å². The molecule has 4 nitrogen and oxygen atoms in total. The maximum absolute atomic E-state index is 12.5. The van der Waals surface area contributed by atoms with Crippen molar-refractivity contribution in [2.45, 2.75) is 19.3 Å². The third kappa shape index (κ3) is 3.45. The van der Waals surface area contributed by atoms with Crippen molar-refractivity contribution in [2.75, 3.05) is 13.1 Å². The topological polar surface area (TPSA) is 49.0 Å². The van der Waals surface area contributed by atoms with E-state index in [0.717, 1.165) is 38.0 Å². The maximum Gasteiger partial charge on any atom is 0.253 e. The molecule has 1 aliphatic rings. The van der Waals surface area contributed by atoms with Gasteiger partial charge in [-0.3, -0.25) is 9.89 Å². The minimum Gasteiger partial charge on any atom is -0.338 e. The van der Waals surface area contributed by atoms with Gasteiger partial charge < -0.3 is 4.90 Å². The predicted molar refractivity (Wildman–Crippen MR) is 82.4 cm³/mol. The molecule has 3 rings (SSSR count). The van der Waals surface area contributed by atoms with E-state index in [4.69, 9.17) is 11.6 Å². The highest BCUT2D eigenvalue weighted by atomic mass is 35.5. The summed E-state index contributed by atoms with van der Waals surface area (Å²) in [6.07, 6.45) is 4.91. The van der Waals surface area contributed by atoms with Crippen molar-refractivity contribution < 1.29 is 4.79 Å². The fraction of sp³-hybridized carbons (Fsp3) is 0.375. The van der Waals surface area contributed by atoms with Crippen LogP contribution in [0, 0.1) is 5.92 Å². The Balaban J connectivity index is 1.66. The summed E-state index contributed by atoms with van der Waals surface area (Å²) in [5.41, 5.74) is 1.81. The number of H-pyrrole nitrogens is 1. The van der Waals surface area contributed by atoms with Crippen molar-refractivity contribution in [2.24, 2.45) is 5.92 Å². The third-order valence-electron chi connectivity index (χ3n) is 3.94. The molecular formula is C16H18ClN3O. The summed E-state index contributed by atoms with van der Waals surface area (Å²) in [5, 5.41) is 7.58. The van der Waals surface area contributed by atoms with Gasteiger partial charge in [-0.05, 0) is 49.4 Å². The third-order valence-corrected chi connectivity index (χ3v) is 4.18. The highest BCUT2D eigenvalue weighted by Gasteiger charge is 2.24. The molecule has 1 atom stereocenters. The maximum atomic E-state index is 12.5. The molecule has 1 N–H and O–H groups in total. The molecule has 0 spiro atoms. The zero-order valence-corrected chi connectivity index (χ0v) is 12.5. The summed E-state index contributed by atoms with van der Waals surface area (Å²) < 4.78 is 0. The van der Waals surface area contributed by atoms with Crippen molar-refractivity contribution in [3.8, 4) is 0 Å². The van der Waals surface area contributed by atoms with Gasteiger partial charge in [0.05, 0.1) is 0 Å². The van der Waals surface area contributed by atoms with Crippen LogP contribution in [-0.2, 0) is 6.42 Å². The van der Waals surface area contributed by atoms with Gasteiger partial charge in [0.2, 0.25) is 0 Å². The van der Waals surface area contributed by atoms with Gasteiger partial charge in [-0.15, -0.1) is 0 Å². The Labute approximate surface area is 129 Å². The Bertz CT molecular complexity index is 612. The summed E-state index contributed by atoms with van der Waals surface area (Å²) >= 11 is 5.97. The largest absolute Gasteiger partial charge is 0.338 e. The van der Waals surface area contributed by atoms with Crippen LogP contribution in [0.15, 0.2) is 36.5 Å². The molecule has 110 valence electrons. The molecule has 0 saturated carbocycles. The van der Waals surface area contributed by atoms with E-state index in [0.29, 0.717) is 16.5 Å². The van der Waals surface area contributed by atoms with Gasteiger partial charge in [-0.2, -0.15) is 5.10 Å². The van der Waals surface area contributed by atoms with E-state index in [-0.39, 0.29) is 5.91 Å². The Morgan fingerprint density at radius 1 is 1.43 bits per heavy atom. The molecule has 21 heavy (non-hydrogen) atoms. The van der Waals surface area contributed by atoms with Crippen LogP contribution in [0.2, 0.25) is 5.02 Å². The molecular weight excluding hydrogens is 286 g/mol. The molecule has 0 unspecified atom stereocenters. The van der Waals surface area contributed by atoms with Gasteiger partial charge >= 0.3 is 0 Å². The van der Waals surface area contributed by atoms with Crippen LogP contribution in [0.3, 0.4) is 0 Å². The molecule has 5 heteroatoms. The highest BCUT2D eigenvalue weighted by Crippen LogP contribution is 2.22. The first-order chi connectivity index (χ1) is 10.2. The number of aromatic amines is 1. The Hall–Kier alpha value is -1.81. The molecule has 1 fully saturated rings. The summed E-state index contributed by atoms with van der Waals surface area (Å²) in [6.45, 7) is 1.62. The van der Waals surface area contributed by atoms with Gasteiger partial charge in [-0.1, -0.05) is 17.7 Å². The quantitative estimate of drug-likeness (QED) is 0.947. The number of carbonyl (C=O) groups is 1. The molecule has 0 radical (unpaired) electrons. The summed E-state index contributed by atoms with van der Waals surface area (Å²) in [7, 11) is 0. The number of halogens is 1. The number of likely N-dealkylation sites (tertiary alicyclic amines) is 1. The Morgan fingerprint density at radius 2 is 2.33 bits per heavy atom. The van der Waals surface area contributed by atoms with Gasteiger partial charge in [0.15, 0.2) is 0 Å². The van der Waals surface area contributed by atoms with Crippen LogP contribution in [0.25, 0.3) is 0 Å². The first-order valence-corrected chi connectivity index (χ1v) is 7.63. The second kappa shape index (κ2) is 6.31. The second-order valence-electron chi connectivity index (χ2n) is 5.56. The van der Waals surface area contributed by atoms with Crippen LogP contribution in [-0.4, -0.2) is 34.1 Å². The normalized spacial score (nSPS) is 18.7. The number of hydrogen-bond donors (Lipinski definition) is 1. The zero-order chi connectivity index (χ0) is 14.7. The van der Waals surface area contributed by atoms with Gasteiger partial charge in [0.1, 0.15) is 0 Å². The second-order valence-corrected chi connectivity index (χ2v) is 5.99. The summed E-state index contributed by atoms with van der Waals surface area (Å²) in [4.78, 5) is 14.5. The number of nitrogens with one attached hydrogen (secondary N) is 1. The van der Waals surface area contributed by atoms with E-state index in [9.17, 15) is 4.79 Å². The number of aromatic nitrogens is 2. The minimum atomic E-state index is 0.0758. The summed E-state index contributed by atoms with van der Waals surface area (Å²) in [6, 6.07) is 9.17. The Kier molecular flexibility index (Phi) is 4.25. The standard InChI is InChI=1S/C16H18ClN3O/c17-14-5-1-4-13(10-14)16(21)20-8-2-3-12(11-20)9-15-6-7-18-19-15/h1,4-7,10,12H,2-3,8-9,11H2,(H,18,19)/t12-/m1/s1. The van der Waals surface area contributed by atoms with Crippen molar-refractivity contribution >= 4 is 17.5 Å². The number of hydrogen-bond acceptors (Lipinski definition) is 2. The molecule has 1 aromatic heterocycles. The van der Waals surface area contributed by atoms with E-state index in [1.807, 2.05) is 23.1 Å². The van der Waals surface area contributed by atoms with Crippen LogP contribution in [0.1, 0.15) is 28.9 Å². The number of nitrogens with zero attached hydrogens (tertiary/aromatic N) is 2. The Morgan fingerprint density at radius 3 is 3.10 bits per heavy atom. The first-order valence-electron chi connectivity index (χ1n) is 7.25. The monoisotopic (exact) mass is 303 g/mol. The zero-order valence-electron chi connectivity index (χ0n) is 11.8. The van der Waals surface area contributed by atoms with Crippen molar-refractivity contribution in [3.63, 3.8) is 0 Å². The lowest BCUT2D eigenvalue weighted by Gasteiger charge is -2.32. The van der Waals surface area contributed by atoms with Gasteiger partial charge in [-0.25, -0.2) is 0 Å². The van der Waals surface area contributed by atoms with Gasteiger partial charge in [0.25, 0.3) is 5.91 Å². The van der Waals surface area contributed by atoms with E-state index in [1.54, 1.807) is 18.3 Å². The summed E-state index contributed by atoms with van der Waals surface area (Å²) in [5.74, 6) is 0.564. The lowest BCUT2D eigenvalue weighted by atomic mass is 9.93. The average molecular weight is 304 g/mol. The lowest BCUT2D eigenvalue weighted by Crippen LogP contribution is -2.40. The van der Waals surface area contributed by atoms with E-state index in [2.05, 4.69) is 10.2 Å². The van der Waals surface area contributed by atoms with Gasteiger partial charge in [0, 0.05) is 35.6 Å². The predicted octanol–water partition coefficient (Wildman–Crippen LogP) is 3.16. The molecule has 0 bridgehead atoms. The smallest absolute Gasteiger partial charge is 0.253 e. The molecule has 1 aliphatic heterocycles. The number of rotatable bonds is 3. The van der Waals surface area contributed by atoms with Crippen LogP contribution >= 0.6 is 11.6 Å². The molecule has 1 amide bonds.